The molecule has 25 heavy (non-hydrogen) atoms. The number of allylic oxidation sites excluding steroid dienone is 2. The zero-order valence-corrected chi connectivity index (χ0v) is 18.2. The van der Waals surface area contributed by atoms with Crippen LogP contribution in [0, 0.1) is 11.8 Å². The van der Waals surface area contributed by atoms with Gasteiger partial charge in [0.05, 0.1) is 0 Å². The van der Waals surface area contributed by atoms with Crippen LogP contribution in [-0.2, 0) is 0 Å². The molecule has 2 fully saturated rings. The predicted octanol–water partition coefficient (Wildman–Crippen LogP) is 6.33. The maximum atomic E-state index is 2.62. The summed E-state index contributed by atoms with van der Waals surface area (Å²) in [6.45, 7) is 19.0. The molecule has 0 spiro atoms. The lowest BCUT2D eigenvalue weighted by molar-refractivity contribution is 0.144. The Labute approximate surface area is 159 Å². The molecule has 2 saturated heterocycles. The average Bonchev–Trinajstić information content (AvgIpc) is 2.65. The first-order valence-electron chi connectivity index (χ1n) is 11.2. The summed E-state index contributed by atoms with van der Waals surface area (Å²) >= 11 is 0. The minimum absolute atomic E-state index is 0.808. The van der Waals surface area contributed by atoms with Gasteiger partial charge in [-0.2, -0.15) is 0 Å². The molecule has 0 aromatic heterocycles. The van der Waals surface area contributed by atoms with Crippen LogP contribution in [0.3, 0.4) is 0 Å². The van der Waals surface area contributed by atoms with Crippen LogP contribution in [0.4, 0.5) is 0 Å². The highest BCUT2D eigenvalue weighted by molar-refractivity contribution is 5.00. The summed E-state index contributed by atoms with van der Waals surface area (Å²) in [5.41, 5.74) is 1.54. The van der Waals surface area contributed by atoms with E-state index in [1.54, 1.807) is 5.70 Å². The van der Waals surface area contributed by atoms with Crippen LogP contribution >= 0.6 is 0 Å². The normalized spacial score (nSPS) is 22.5. The molecule has 2 nitrogen and oxygen atoms in total. The molecule has 0 aromatic rings. The van der Waals surface area contributed by atoms with E-state index in [9.17, 15) is 0 Å². The van der Waals surface area contributed by atoms with Gasteiger partial charge in [0.25, 0.3) is 0 Å². The molecule has 1 atom stereocenters. The smallest absolute Gasteiger partial charge is 0.0177 e. The summed E-state index contributed by atoms with van der Waals surface area (Å²) in [7, 11) is 0. The number of likely N-dealkylation sites (tertiary alicyclic amines) is 2. The molecule has 0 radical (unpaired) electrons. The Kier molecular flexibility index (Phi) is 11.5. The Morgan fingerprint density at radius 1 is 1.00 bits per heavy atom. The van der Waals surface area contributed by atoms with E-state index in [2.05, 4.69) is 57.4 Å². The van der Waals surface area contributed by atoms with E-state index >= 15 is 0 Å². The summed E-state index contributed by atoms with van der Waals surface area (Å²) in [5, 5.41) is 0. The second-order valence-corrected chi connectivity index (χ2v) is 8.33. The molecule has 1 unspecified atom stereocenters. The van der Waals surface area contributed by atoms with Crippen LogP contribution in [0.5, 0.6) is 0 Å². The summed E-state index contributed by atoms with van der Waals surface area (Å²) in [4.78, 5) is 5.20. The summed E-state index contributed by atoms with van der Waals surface area (Å²) in [5.74, 6) is 1.97. The van der Waals surface area contributed by atoms with Gasteiger partial charge in [-0.3, -0.25) is 0 Å². The average molecular weight is 351 g/mol. The minimum Gasteiger partial charge on any atom is -0.375 e. The van der Waals surface area contributed by atoms with Gasteiger partial charge in [-0.1, -0.05) is 46.6 Å². The highest BCUT2D eigenvalue weighted by Crippen LogP contribution is 2.24. The van der Waals surface area contributed by atoms with E-state index in [0.717, 1.165) is 17.9 Å². The third-order valence-corrected chi connectivity index (χ3v) is 6.45. The third-order valence-electron chi connectivity index (χ3n) is 6.45. The molecule has 0 bridgehead atoms. The van der Waals surface area contributed by atoms with Gasteiger partial charge in [-0.05, 0) is 77.3 Å². The first kappa shape index (κ1) is 22.5. The van der Waals surface area contributed by atoms with Gasteiger partial charge >= 0.3 is 0 Å². The van der Waals surface area contributed by atoms with E-state index in [-0.39, 0.29) is 0 Å². The van der Waals surface area contributed by atoms with Crippen molar-refractivity contribution in [2.45, 2.75) is 99.0 Å². The van der Waals surface area contributed by atoms with Gasteiger partial charge in [-0.15, -0.1) is 0 Å². The molecule has 2 heterocycles. The first-order valence-corrected chi connectivity index (χ1v) is 11.2. The fraction of sp³-hybridized carbons (Fsp3) is 0.913. The fourth-order valence-corrected chi connectivity index (χ4v) is 4.25. The minimum atomic E-state index is 0.808. The van der Waals surface area contributed by atoms with Crippen molar-refractivity contribution in [2.75, 3.05) is 26.2 Å². The van der Waals surface area contributed by atoms with Gasteiger partial charge < -0.3 is 9.80 Å². The van der Waals surface area contributed by atoms with E-state index < -0.39 is 0 Å². The summed E-state index contributed by atoms with van der Waals surface area (Å²) in [6.07, 6.45) is 13.2. The van der Waals surface area contributed by atoms with Crippen molar-refractivity contribution in [1.82, 2.24) is 9.80 Å². The number of nitrogens with zero attached hydrogens (tertiary/aromatic N) is 2. The standard InChI is InChI=1S/C13H25N.C10H21N/c1-4-7-12-8-10-14(11-9-12)13(5-2)6-3;1-4-10(3)11-7-5-9(2)6-8-11/h5,12H,4,6-11H2,1-3H3;9-10H,4-8H2,1-3H3/b13-5+;. The van der Waals surface area contributed by atoms with Gasteiger partial charge in [0, 0.05) is 24.8 Å². The molecule has 2 aliphatic heterocycles. The largest absolute Gasteiger partial charge is 0.375 e. The van der Waals surface area contributed by atoms with Crippen LogP contribution in [0.2, 0.25) is 0 Å². The van der Waals surface area contributed by atoms with Gasteiger partial charge in [0.1, 0.15) is 0 Å². The summed E-state index contributed by atoms with van der Waals surface area (Å²) < 4.78 is 0. The second kappa shape index (κ2) is 12.8. The predicted molar refractivity (Wildman–Crippen MR) is 113 cm³/mol. The molecule has 2 heteroatoms. The Bertz CT molecular complexity index is 347. The van der Waals surface area contributed by atoms with Gasteiger partial charge in [-0.25, -0.2) is 0 Å². The maximum absolute atomic E-state index is 2.62. The fourth-order valence-electron chi connectivity index (χ4n) is 4.25. The lowest BCUT2D eigenvalue weighted by Gasteiger charge is -2.35. The Morgan fingerprint density at radius 2 is 1.60 bits per heavy atom. The van der Waals surface area contributed by atoms with Crippen molar-refractivity contribution < 1.29 is 0 Å². The number of rotatable bonds is 6. The molecule has 0 aromatic carbocycles. The van der Waals surface area contributed by atoms with E-state index in [4.69, 9.17) is 0 Å². The van der Waals surface area contributed by atoms with E-state index in [1.165, 1.54) is 77.5 Å². The lowest BCUT2D eigenvalue weighted by atomic mass is 9.92. The Hall–Kier alpha value is -0.500. The molecular weight excluding hydrogens is 304 g/mol. The van der Waals surface area contributed by atoms with E-state index in [0.29, 0.717) is 0 Å². The van der Waals surface area contributed by atoms with Crippen molar-refractivity contribution in [3.05, 3.63) is 11.8 Å². The molecule has 0 N–H and O–H groups in total. The van der Waals surface area contributed by atoms with Gasteiger partial charge in [0.2, 0.25) is 0 Å². The van der Waals surface area contributed by atoms with Crippen molar-refractivity contribution in [2.24, 2.45) is 11.8 Å². The lowest BCUT2D eigenvalue weighted by Crippen LogP contribution is -2.39. The molecule has 0 saturated carbocycles. The topological polar surface area (TPSA) is 6.48 Å². The van der Waals surface area contributed by atoms with Crippen LogP contribution in [0.15, 0.2) is 11.8 Å². The van der Waals surface area contributed by atoms with Gasteiger partial charge in [0.15, 0.2) is 0 Å². The Balaban J connectivity index is 0.000000257. The second-order valence-electron chi connectivity index (χ2n) is 8.33. The first-order chi connectivity index (χ1) is 12.0. The third kappa shape index (κ3) is 8.15. The maximum Gasteiger partial charge on any atom is 0.0177 e. The molecule has 2 aliphatic rings. The number of hydrogen-bond donors (Lipinski definition) is 0. The molecule has 2 rings (SSSR count). The highest BCUT2D eigenvalue weighted by atomic mass is 15.2. The van der Waals surface area contributed by atoms with Crippen LogP contribution in [0.25, 0.3) is 0 Å². The zero-order chi connectivity index (χ0) is 18.7. The molecule has 0 aliphatic carbocycles. The number of hydrogen-bond acceptors (Lipinski definition) is 2. The molecule has 148 valence electrons. The molecule has 0 amide bonds. The van der Waals surface area contributed by atoms with Crippen molar-refractivity contribution in [1.29, 1.82) is 0 Å². The van der Waals surface area contributed by atoms with Crippen LogP contribution in [0.1, 0.15) is 92.9 Å². The quantitative estimate of drug-likeness (QED) is 0.552. The monoisotopic (exact) mass is 350 g/mol. The van der Waals surface area contributed by atoms with Crippen LogP contribution in [-0.4, -0.2) is 42.0 Å². The van der Waals surface area contributed by atoms with Crippen molar-refractivity contribution in [3.8, 4) is 0 Å². The zero-order valence-electron chi connectivity index (χ0n) is 18.2. The highest BCUT2D eigenvalue weighted by Gasteiger charge is 2.19. The SMILES string of the molecule is C/C=C(\CC)N1CCC(CCC)CC1.CCC(C)N1CCC(C)CC1. The summed E-state index contributed by atoms with van der Waals surface area (Å²) in [6, 6.07) is 0.808. The molecular formula is C23H46N2. The van der Waals surface area contributed by atoms with Crippen molar-refractivity contribution in [3.63, 3.8) is 0 Å². The number of piperidine rings is 2. The van der Waals surface area contributed by atoms with Crippen LogP contribution < -0.4 is 0 Å². The van der Waals surface area contributed by atoms with Crippen molar-refractivity contribution >= 4 is 0 Å². The Morgan fingerprint density at radius 3 is 2.04 bits per heavy atom. The van der Waals surface area contributed by atoms with E-state index in [1.807, 2.05) is 0 Å².